The van der Waals surface area contributed by atoms with Crippen LogP contribution in [0.1, 0.15) is 30.0 Å². The number of amides is 2. The van der Waals surface area contributed by atoms with E-state index in [1.165, 1.54) is 11.8 Å². The van der Waals surface area contributed by atoms with Crippen molar-refractivity contribution in [2.24, 2.45) is 0 Å². The molecule has 8 heteroatoms. The molecule has 3 aromatic carbocycles. The van der Waals surface area contributed by atoms with Gasteiger partial charge in [-0.15, -0.1) is 11.8 Å². The average molecular weight is 564 g/mol. The van der Waals surface area contributed by atoms with Gasteiger partial charge in [0.15, 0.2) is 0 Å². The lowest BCUT2D eigenvalue weighted by atomic mass is 10.0. The lowest BCUT2D eigenvalue weighted by molar-refractivity contribution is -0.139. The summed E-state index contributed by atoms with van der Waals surface area (Å²) in [5.74, 6) is 0.348. The van der Waals surface area contributed by atoms with Crippen molar-refractivity contribution in [1.82, 2.24) is 10.2 Å². The van der Waals surface area contributed by atoms with Gasteiger partial charge in [0, 0.05) is 40.3 Å². The van der Waals surface area contributed by atoms with Gasteiger partial charge in [0.1, 0.15) is 6.04 Å². The van der Waals surface area contributed by atoms with Crippen LogP contribution in [-0.2, 0) is 28.3 Å². The van der Waals surface area contributed by atoms with Crippen molar-refractivity contribution in [2.45, 2.75) is 38.1 Å². The highest BCUT2D eigenvalue weighted by Crippen LogP contribution is 2.28. The molecule has 2 amide bonds. The molecule has 0 saturated carbocycles. The van der Waals surface area contributed by atoms with Crippen LogP contribution in [0.15, 0.2) is 72.8 Å². The number of halogens is 3. The van der Waals surface area contributed by atoms with Crippen LogP contribution in [0, 0.1) is 0 Å². The van der Waals surface area contributed by atoms with E-state index in [2.05, 4.69) is 5.32 Å². The van der Waals surface area contributed by atoms with Gasteiger partial charge >= 0.3 is 0 Å². The van der Waals surface area contributed by atoms with Crippen LogP contribution >= 0.6 is 46.6 Å². The van der Waals surface area contributed by atoms with Gasteiger partial charge in [-0.2, -0.15) is 0 Å². The maximum absolute atomic E-state index is 13.6. The number of carbonyl (C=O) groups is 2. The van der Waals surface area contributed by atoms with Gasteiger partial charge in [-0.3, -0.25) is 9.59 Å². The van der Waals surface area contributed by atoms with Crippen molar-refractivity contribution in [3.63, 3.8) is 0 Å². The zero-order valence-electron chi connectivity index (χ0n) is 20.1. The number of hydrogen-bond acceptors (Lipinski definition) is 3. The minimum Gasteiger partial charge on any atom is -0.354 e. The van der Waals surface area contributed by atoms with Gasteiger partial charge in [-0.1, -0.05) is 90.3 Å². The molecule has 3 aromatic rings. The normalized spacial score (nSPS) is 11.7. The molecule has 1 N–H and O–H groups in total. The Morgan fingerprint density at radius 2 is 1.58 bits per heavy atom. The average Bonchev–Trinajstić information content (AvgIpc) is 2.87. The van der Waals surface area contributed by atoms with E-state index < -0.39 is 6.04 Å². The lowest BCUT2D eigenvalue weighted by Gasteiger charge is -2.31. The summed E-state index contributed by atoms with van der Waals surface area (Å²) in [5, 5.41) is 4.70. The largest absolute Gasteiger partial charge is 0.354 e. The first-order chi connectivity index (χ1) is 17.4. The van der Waals surface area contributed by atoms with Crippen molar-refractivity contribution in [2.75, 3.05) is 12.3 Å². The van der Waals surface area contributed by atoms with E-state index in [9.17, 15) is 9.59 Å². The fraction of sp³-hybridized carbons (Fsp3) is 0.286. The molecule has 0 fully saturated rings. The number of hydrogen-bond donors (Lipinski definition) is 1. The second-order valence-corrected chi connectivity index (χ2v) is 10.6. The molecule has 0 spiro atoms. The third-order valence-corrected chi connectivity index (χ3v) is 7.48. The molecule has 0 aliphatic rings. The number of nitrogens with one attached hydrogen (secondary N) is 1. The Balaban J connectivity index is 1.85. The number of nitrogens with zero attached hydrogens (tertiary/aromatic N) is 1. The minimum absolute atomic E-state index is 0.143. The number of rotatable bonds is 12. The molecule has 190 valence electrons. The second kappa shape index (κ2) is 14.5. The first-order valence-electron chi connectivity index (χ1n) is 11.7. The summed E-state index contributed by atoms with van der Waals surface area (Å²) < 4.78 is 0. The highest BCUT2D eigenvalue weighted by molar-refractivity contribution is 7.99. The first kappa shape index (κ1) is 28.4. The monoisotopic (exact) mass is 562 g/mol. The van der Waals surface area contributed by atoms with E-state index in [0.29, 0.717) is 33.8 Å². The van der Waals surface area contributed by atoms with Crippen LogP contribution in [0.5, 0.6) is 0 Å². The van der Waals surface area contributed by atoms with Gasteiger partial charge < -0.3 is 10.2 Å². The molecule has 0 aromatic heterocycles. The summed E-state index contributed by atoms with van der Waals surface area (Å²) in [6, 6.07) is 21.8. The molecular weight excluding hydrogens is 535 g/mol. The van der Waals surface area contributed by atoms with Gasteiger partial charge in [0.25, 0.3) is 0 Å². The predicted octanol–water partition coefficient (Wildman–Crippen LogP) is 7.05. The van der Waals surface area contributed by atoms with Crippen molar-refractivity contribution in [3.05, 3.63) is 105 Å². The molecule has 0 saturated heterocycles. The van der Waals surface area contributed by atoms with E-state index in [0.717, 1.165) is 23.1 Å². The van der Waals surface area contributed by atoms with Crippen LogP contribution in [-0.4, -0.2) is 35.1 Å². The molecule has 0 unspecified atom stereocenters. The van der Waals surface area contributed by atoms with Gasteiger partial charge in [0.05, 0.1) is 5.75 Å². The summed E-state index contributed by atoms with van der Waals surface area (Å²) in [5.41, 5.74) is 2.63. The first-order valence-corrected chi connectivity index (χ1v) is 14.0. The summed E-state index contributed by atoms with van der Waals surface area (Å²) in [6.07, 6.45) is 1.21. The molecule has 0 heterocycles. The zero-order valence-corrected chi connectivity index (χ0v) is 23.1. The maximum atomic E-state index is 13.6. The van der Waals surface area contributed by atoms with Crippen LogP contribution in [0.2, 0.25) is 15.1 Å². The SMILES string of the molecule is CCCNC(=O)[C@@H](Cc1ccccc1)N(Cc1cccc(Cl)c1)C(=O)CSCc1c(Cl)cccc1Cl. The van der Waals surface area contributed by atoms with Crippen LogP contribution in [0.4, 0.5) is 0 Å². The molecular formula is C28H29Cl3N2O2S. The van der Waals surface area contributed by atoms with E-state index in [1.54, 1.807) is 29.2 Å². The predicted molar refractivity (Wildman–Crippen MR) is 152 cm³/mol. The summed E-state index contributed by atoms with van der Waals surface area (Å²) >= 11 is 20.2. The Hall–Kier alpha value is -2.18. The number of carbonyl (C=O) groups excluding carboxylic acids is 2. The van der Waals surface area contributed by atoms with E-state index in [1.807, 2.05) is 55.5 Å². The number of thioether (sulfide) groups is 1. The Labute approximate surface area is 232 Å². The molecule has 0 bridgehead atoms. The molecule has 36 heavy (non-hydrogen) atoms. The van der Waals surface area contributed by atoms with Crippen LogP contribution in [0.25, 0.3) is 0 Å². The quantitative estimate of drug-likeness (QED) is 0.257. The Bertz CT molecular complexity index is 1140. The van der Waals surface area contributed by atoms with Crippen molar-refractivity contribution < 1.29 is 9.59 Å². The zero-order chi connectivity index (χ0) is 25.9. The Kier molecular flexibility index (Phi) is 11.5. The summed E-state index contributed by atoms with van der Waals surface area (Å²) in [7, 11) is 0. The Morgan fingerprint density at radius 1 is 0.917 bits per heavy atom. The molecule has 0 aliphatic carbocycles. The minimum atomic E-state index is -0.671. The van der Waals surface area contributed by atoms with E-state index >= 15 is 0 Å². The lowest BCUT2D eigenvalue weighted by Crippen LogP contribution is -2.51. The molecule has 0 aliphatic heterocycles. The molecule has 3 rings (SSSR count). The van der Waals surface area contributed by atoms with Crippen LogP contribution < -0.4 is 5.32 Å². The molecule has 4 nitrogen and oxygen atoms in total. The molecule has 0 radical (unpaired) electrons. The van der Waals surface area contributed by atoms with E-state index in [-0.39, 0.29) is 24.1 Å². The van der Waals surface area contributed by atoms with E-state index in [4.69, 9.17) is 34.8 Å². The van der Waals surface area contributed by atoms with Crippen molar-refractivity contribution >= 4 is 58.4 Å². The third-order valence-electron chi connectivity index (χ3n) is 5.60. The van der Waals surface area contributed by atoms with Gasteiger partial charge in [-0.25, -0.2) is 0 Å². The van der Waals surface area contributed by atoms with Crippen LogP contribution in [0.3, 0.4) is 0 Å². The molecule has 1 atom stereocenters. The topological polar surface area (TPSA) is 49.4 Å². The smallest absolute Gasteiger partial charge is 0.243 e. The van der Waals surface area contributed by atoms with Gasteiger partial charge in [0.2, 0.25) is 11.8 Å². The number of benzene rings is 3. The summed E-state index contributed by atoms with van der Waals surface area (Å²) in [6.45, 7) is 2.81. The van der Waals surface area contributed by atoms with Crippen molar-refractivity contribution in [1.29, 1.82) is 0 Å². The fourth-order valence-corrected chi connectivity index (χ4v) is 5.61. The summed E-state index contributed by atoms with van der Waals surface area (Å²) in [4.78, 5) is 28.6. The highest BCUT2D eigenvalue weighted by atomic mass is 35.5. The third kappa shape index (κ3) is 8.45. The standard InChI is InChI=1S/C28H29Cl3N2O2S/c1-2-14-32-28(35)26(16-20-8-4-3-5-9-20)33(17-21-10-6-11-22(29)15-21)27(34)19-36-18-23-24(30)12-7-13-25(23)31/h3-13,15,26H,2,14,16-19H2,1H3,(H,32,35)/t26-/m1/s1. The second-order valence-electron chi connectivity index (χ2n) is 8.34. The maximum Gasteiger partial charge on any atom is 0.243 e. The fourth-order valence-electron chi connectivity index (χ4n) is 3.75. The Morgan fingerprint density at radius 3 is 2.25 bits per heavy atom. The van der Waals surface area contributed by atoms with Gasteiger partial charge in [-0.05, 0) is 47.4 Å². The highest BCUT2D eigenvalue weighted by Gasteiger charge is 2.30. The van der Waals surface area contributed by atoms with Crippen molar-refractivity contribution in [3.8, 4) is 0 Å².